The Morgan fingerprint density at radius 2 is 2.35 bits per heavy atom. The maximum atomic E-state index is 12.2. The highest BCUT2D eigenvalue weighted by Crippen LogP contribution is 2.31. The Labute approximate surface area is 120 Å². The van der Waals surface area contributed by atoms with Gasteiger partial charge in [0.25, 0.3) is 5.91 Å². The fraction of sp³-hybridized carbons (Fsp3) is 0.286. The van der Waals surface area contributed by atoms with E-state index in [1.165, 1.54) is 11.3 Å². The zero-order valence-electron chi connectivity index (χ0n) is 11.0. The first-order valence-corrected chi connectivity index (χ1v) is 7.26. The number of fused-ring (bicyclic) bond motifs is 1. The summed E-state index contributed by atoms with van der Waals surface area (Å²) in [4.78, 5) is 16.4. The standard InChI is InChI=1S/C14H15N3O2S/c1-8(15)14-17-11(7-20-14)13(18)16-10-6-19-12-5-3-2-4-9(10)12/h2-5,7-8,10H,6,15H2,1H3,(H,16,18). The van der Waals surface area contributed by atoms with Gasteiger partial charge in [-0.25, -0.2) is 4.98 Å². The number of carbonyl (C=O) groups excluding carboxylic acids is 1. The van der Waals surface area contributed by atoms with Crippen LogP contribution in [0.4, 0.5) is 0 Å². The van der Waals surface area contributed by atoms with E-state index in [-0.39, 0.29) is 18.0 Å². The Hall–Kier alpha value is -1.92. The third kappa shape index (κ3) is 2.39. The van der Waals surface area contributed by atoms with Crippen LogP contribution in [0.5, 0.6) is 5.75 Å². The van der Waals surface area contributed by atoms with E-state index < -0.39 is 0 Å². The second-order valence-corrected chi connectivity index (χ2v) is 5.62. The lowest BCUT2D eigenvalue weighted by Gasteiger charge is -2.10. The van der Waals surface area contributed by atoms with Gasteiger partial charge in [-0.05, 0) is 13.0 Å². The molecule has 2 aromatic rings. The number of nitrogens with zero attached hydrogens (tertiary/aromatic N) is 1. The highest BCUT2D eigenvalue weighted by Gasteiger charge is 2.26. The van der Waals surface area contributed by atoms with Crippen molar-refractivity contribution in [3.63, 3.8) is 0 Å². The summed E-state index contributed by atoms with van der Waals surface area (Å²) < 4.78 is 5.54. The van der Waals surface area contributed by atoms with Gasteiger partial charge >= 0.3 is 0 Å². The van der Waals surface area contributed by atoms with Crippen LogP contribution in [0.2, 0.25) is 0 Å². The SMILES string of the molecule is CC(N)c1nc(C(=O)NC2COc3ccccc32)cs1. The van der Waals surface area contributed by atoms with Gasteiger partial charge in [0, 0.05) is 10.9 Å². The van der Waals surface area contributed by atoms with Crippen molar-refractivity contribution in [3.8, 4) is 5.75 Å². The number of benzene rings is 1. The summed E-state index contributed by atoms with van der Waals surface area (Å²) in [5, 5.41) is 5.44. The highest BCUT2D eigenvalue weighted by molar-refractivity contribution is 7.09. The number of carbonyl (C=O) groups is 1. The van der Waals surface area contributed by atoms with E-state index in [2.05, 4.69) is 10.3 Å². The molecule has 0 aliphatic carbocycles. The number of para-hydroxylation sites is 1. The molecule has 0 bridgehead atoms. The molecule has 0 radical (unpaired) electrons. The van der Waals surface area contributed by atoms with Crippen molar-refractivity contribution in [2.24, 2.45) is 5.73 Å². The summed E-state index contributed by atoms with van der Waals surface area (Å²) in [6, 6.07) is 7.43. The molecular formula is C14H15N3O2S. The van der Waals surface area contributed by atoms with Crippen LogP contribution in [-0.4, -0.2) is 17.5 Å². The van der Waals surface area contributed by atoms with Gasteiger partial charge in [0.2, 0.25) is 0 Å². The average molecular weight is 289 g/mol. The predicted molar refractivity (Wildman–Crippen MR) is 76.9 cm³/mol. The quantitative estimate of drug-likeness (QED) is 0.906. The normalized spacial score (nSPS) is 18.2. The molecule has 1 aliphatic rings. The number of rotatable bonds is 3. The fourth-order valence-electron chi connectivity index (χ4n) is 2.12. The molecule has 1 aromatic carbocycles. The molecule has 2 unspecified atom stereocenters. The lowest BCUT2D eigenvalue weighted by molar-refractivity contribution is 0.0926. The van der Waals surface area contributed by atoms with Gasteiger partial charge in [0.1, 0.15) is 23.1 Å². The van der Waals surface area contributed by atoms with Gasteiger partial charge in [-0.3, -0.25) is 4.79 Å². The van der Waals surface area contributed by atoms with Crippen LogP contribution < -0.4 is 15.8 Å². The third-order valence-electron chi connectivity index (χ3n) is 3.15. The molecule has 1 aliphatic heterocycles. The Morgan fingerprint density at radius 3 is 3.10 bits per heavy atom. The number of thiazole rings is 1. The number of ether oxygens (including phenoxy) is 1. The van der Waals surface area contributed by atoms with Crippen molar-refractivity contribution in [3.05, 3.63) is 45.9 Å². The Morgan fingerprint density at radius 1 is 1.55 bits per heavy atom. The molecule has 1 aromatic heterocycles. The molecule has 3 N–H and O–H groups in total. The maximum Gasteiger partial charge on any atom is 0.271 e. The van der Waals surface area contributed by atoms with Gasteiger partial charge in [0.15, 0.2) is 0 Å². The van der Waals surface area contributed by atoms with Gasteiger partial charge in [-0.2, -0.15) is 0 Å². The second-order valence-electron chi connectivity index (χ2n) is 4.73. The van der Waals surface area contributed by atoms with E-state index in [0.717, 1.165) is 16.3 Å². The zero-order chi connectivity index (χ0) is 14.1. The molecule has 0 saturated carbocycles. The first-order chi connectivity index (χ1) is 9.65. The molecule has 20 heavy (non-hydrogen) atoms. The average Bonchev–Trinajstić information content (AvgIpc) is 3.06. The van der Waals surface area contributed by atoms with E-state index in [0.29, 0.717) is 12.3 Å². The van der Waals surface area contributed by atoms with E-state index in [4.69, 9.17) is 10.5 Å². The van der Waals surface area contributed by atoms with Crippen molar-refractivity contribution in [1.82, 2.24) is 10.3 Å². The van der Waals surface area contributed by atoms with E-state index in [1.54, 1.807) is 5.38 Å². The van der Waals surface area contributed by atoms with Crippen molar-refractivity contribution in [2.45, 2.75) is 19.0 Å². The molecule has 2 heterocycles. The summed E-state index contributed by atoms with van der Waals surface area (Å²) in [6.45, 7) is 2.30. The van der Waals surface area contributed by atoms with Crippen LogP contribution in [0, 0.1) is 0 Å². The lowest BCUT2D eigenvalue weighted by atomic mass is 10.1. The van der Waals surface area contributed by atoms with Crippen molar-refractivity contribution in [1.29, 1.82) is 0 Å². The molecule has 104 valence electrons. The first-order valence-electron chi connectivity index (χ1n) is 6.38. The summed E-state index contributed by atoms with van der Waals surface area (Å²) in [5.41, 5.74) is 7.16. The van der Waals surface area contributed by atoms with Gasteiger partial charge in [0.05, 0.1) is 12.1 Å². The molecule has 5 nitrogen and oxygen atoms in total. The summed E-state index contributed by atoms with van der Waals surface area (Å²) in [5.74, 6) is 0.630. The van der Waals surface area contributed by atoms with Crippen LogP contribution in [0.15, 0.2) is 29.6 Å². The molecule has 6 heteroatoms. The largest absolute Gasteiger partial charge is 0.491 e. The minimum Gasteiger partial charge on any atom is -0.491 e. The van der Waals surface area contributed by atoms with Crippen LogP contribution in [0.25, 0.3) is 0 Å². The monoisotopic (exact) mass is 289 g/mol. The number of aromatic nitrogens is 1. The molecule has 0 fully saturated rings. The summed E-state index contributed by atoms with van der Waals surface area (Å²) >= 11 is 1.40. The predicted octanol–water partition coefficient (Wildman–Crippen LogP) is 2.03. The van der Waals surface area contributed by atoms with Crippen LogP contribution >= 0.6 is 11.3 Å². The molecule has 3 rings (SSSR count). The Balaban J connectivity index is 1.73. The number of amides is 1. The molecule has 0 spiro atoms. The van der Waals surface area contributed by atoms with Gasteiger partial charge in [-0.15, -0.1) is 11.3 Å². The van der Waals surface area contributed by atoms with Crippen molar-refractivity contribution < 1.29 is 9.53 Å². The minimum absolute atomic E-state index is 0.126. The zero-order valence-corrected chi connectivity index (χ0v) is 11.8. The Kier molecular flexibility index (Phi) is 3.42. The van der Waals surface area contributed by atoms with Gasteiger partial charge < -0.3 is 15.8 Å². The second kappa shape index (κ2) is 5.22. The molecule has 0 saturated heterocycles. The number of hydrogen-bond acceptors (Lipinski definition) is 5. The number of hydrogen-bond donors (Lipinski definition) is 2. The Bertz CT molecular complexity index is 639. The molecule has 2 atom stereocenters. The lowest BCUT2D eigenvalue weighted by Crippen LogP contribution is -2.29. The third-order valence-corrected chi connectivity index (χ3v) is 4.20. The number of nitrogens with one attached hydrogen (secondary N) is 1. The minimum atomic E-state index is -0.196. The van der Waals surface area contributed by atoms with Crippen LogP contribution in [0.3, 0.4) is 0 Å². The van der Waals surface area contributed by atoms with Crippen molar-refractivity contribution >= 4 is 17.2 Å². The van der Waals surface area contributed by atoms with Gasteiger partial charge in [-0.1, -0.05) is 18.2 Å². The maximum absolute atomic E-state index is 12.2. The molecular weight excluding hydrogens is 274 g/mol. The van der Waals surface area contributed by atoms with Crippen molar-refractivity contribution in [2.75, 3.05) is 6.61 Å². The van der Waals surface area contributed by atoms with E-state index in [9.17, 15) is 4.79 Å². The van der Waals surface area contributed by atoms with Crippen LogP contribution in [-0.2, 0) is 0 Å². The summed E-state index contributed by atoms with van der Waals surface area (Å²) in [6.07, 6.45) is 0. The first kappa shape index (κ1) is 13.1. The van der Waals surface area contributed by atoms with Crippen LogP contribution in [0.1, 0.15) is 40.1 Å². The van der Waals surface area contributed by atoms with E-state index in [1.807, 2.05) is 31.2 Å². The van der Waals surface area contributed by atoms with E-state index >= 15 is 0 Å². The molecule has 1 amide bonds. The topological polar surface area (TPSA) is 77.2 Å². The summed E-state index contributed by atoms with van der Waals surface area (Å²) in [7, 11) is 0. The highest BCUT2D eigenvalue weighted by atomic mass is 32.1. The smallest absolute Gasteiger partial charge is 0.271 e. The number of nitrogens with two attached hydrogens (primary N) is 1. The fourth-order valence-corrected chi connectivity index (χ4v) is 2.87.